The van der Waals surface area contributed by atoms with Gasteiger partial charge >= 0.3 is 0 Å². The summed E-state index contributed by atoms with van der Waals surface area (Å²) in [5.41, 5.74) is 2.64. The monoisotopic (exact) mass is 179 g/mol. The lowest BCUT2D eigenvalue weighted by Gasteiger charge is -2.02. The molecule has 12 heavy (non-hydrogen) atoms. The van der Waals surface area contributed by atoms with Crippen LogP contribution in [0.1, 0.15) is 11.3 Å². The molecule has 0 fully saturated rings. The molecule has 5 heteroatoms. The maximum atomic E-state index is 5.16. The van der Waals surface area contributed by atoms with Crippen molar-refractivity contribution in [1.82, 2.24) is 19.8 Å². The van der Waals surface area contributed by atoms with Crippen LogP contribution in [0.4, 0.5) is 0 Å². The van der Waals surface area contributed by atoms with Gasteiger partial charge in [-0.05, 0) is 13.8 Å². The second-order valence-electron chi connectivity index (χ2n) is 2.63. The first-order valence-electron chi connectivity index (χ1n) is 3.55. The number of fused-ring (bicyclic) bond motifs is 1. The number of hydrogen-bond acceptors (Lipinski definition) is 3. The molecule has 0 aromatic carbocycles. The second-order valence-corrected chi connectivity index (χ2v) is 3.02. The van der Waals surface area contributed by atoms with Crippen LogP contribution in [0.15, 0.2) is 11.2 Å². The molecule has 61 valence electrons. The van der Waals surface area contributed by atoms with Gasteiger partial charge in [0.25, 0.3) is 0 Å². The molecule has 0 aliphatic carbocycles. The summed E-state index contributed by atoms with van der Waals surface area (Å²) >= 11 is 5.16. The lowest BCUT2D eigenvalue weighted by atomic mass is 10.3. The predicted octanol–water partition coefficient (Wildman–Crippen LogP) is 1.30. The summed E-state index contributed by atoms with van der Waals surface area (Å²) in [6.07, 6.45) is 1.60. The summed E-state index contributed by atoms with van der Waals surface area (Å²) in [4.78, 5) is 4.27. The van der Waals surface area contributed by atoms with Crippen molar-refractivity contribution in [1.29, 1.82) is 0 Å². The molecule has 0 unspecified atom stereocenters. The first-order chi connectivity index (χ1) is 5.70. The van der Waals surface area contributed by atoms with Crippen LogP contribution in [-0.2, 0) is 0 Å². The molecule has 2 aromatic heterocycles. The van der Waals surface area contributed by atoms with E-state index >= 15 is 0 Å². The molecule has 2 rings (SSSR count). The van der Waals surface area contributed by atoms with Crippen molar-refractivity contribution in [2.45, 2.75) is 18.9 Å². The van der Waals surface area contributed by atoms with Gasteiger partial charge in [-0.3, -0.25) is 0 Å². The van der Waals surface area contributed by atoms with Gasteiger partial charge in [0.15, 0.2) is 5.65 Å². The molecule has 0 aliphatic heterocycles. The Bertz CT molecular complexity index is 434. The van der Waals surface area contributed by atoms with E-state index in [1.807, 2.05) is 13.8 Å². The molecule has 0 spiro atoms. The van der Waals surface area contributed by atoms with E-state index in [9.17, 15) is 0 Å². The first kappa shape index (κ1) is 7.42. The van der Waals surface area contributed by atoms with Crippen LogP contribution >= 0.6 is 12.6 Å². The molecule has 1 radical (unpaired) electrons. The van der Waals surface area contributed by atoms with E-state index < -0.39 is 0 Å². The van der Waals surface area contributed by atoms with E-state index in [1.165, 1.54) is 0 Å². The van der Waals surface area contributed by atoms with Crippen LogP contribution in [0, 0.1) is 13.8 Å². The Labute approximate surface area is 75.0 Å². The van der Waals surface area contributed by atoms with Gasteiger partial charge in [-0.1, -0.05) is 17.8 Å². The molecule has 4 nitrogen and oxygen atoms in total. The van der Waals surface area contributed by atoms with Gasteiger partial charge < -0.3 is 0 Å². The van der Waals surface area contributed by atoms with E-state index in [-0.39, 0.29) is 0 Å². The van der Waals surface area contributed by atoms with Gasteiger partial charge in [-0.25, -0.2) is 4.98 Å². The van der Waals surface area contributed by atoms with Gasteiger partial charge in [0.05, 0.1) is 6.20 Å². The lowest BCUT2D eigenvalue weighted by molar-refractivity contribution is 0.765. The smallest absolute Gasteiger partial charge is 0.177 e. The highest BCUT2D eigenvalue weighted by atomic mass is 32.1. The SMILES string of the molecule is Cc1nc2cnnn2c([S])c1C. The summed E-state index contributed by atoms with van der Waals surface area (Å²) in [5.74, 6) is 0. The Morgan fingerprint density at radius 3 is 2.92 bits per heavy atom. The van der Waals surface area contributed by atoms with Crippen molar-refractivity contribution in [2.75, 3.05) is 0 Å². The van der Waals surface area contributed by atoms with Crippen LogP contribution in [0.2, 0.25) is 0 Å². The van der Waals surface area contributed by atoms with E-state index in [4.69, 9.17) is 12.6 Å². The molecule has 0 bridgehead atoms. The van der Waals surface area contributed by atoms with Gasteiger partial charge in [0.1, 0.15) is 5.03 Å². The minimum absolute atomic E-state index is 0.690. The molecule has 0 N–H and O–H groups in total. The summed E-state index contributed by atoms with van der Waals surface area (Å²) in [6, 6.07) is 0. The average molecular weight is 179 g/mol. The number of rotatable bonds is 0. The minimum atomic E-state index is 0.690. The zero-order valence-corrected chi connectivity index (χ0v) is 7.59. The molecule has 0 amide bonds. The fraction of sp³-hybridized carbons (Fsp3) is 0.286. The molecule has 0 aliphatic rings. The van der Waals surface area contributed by atoms with Gasteiger partial charge in [-0.2, -0.15) is 4.52 Å². The van der Waals surface area contributed by atoms with E-state index in [2.05, 4.69) is 15.3 Å². The van der Waals surface area contributed by atoms with Crippen molar-refractivity contribution >= 4 is 18.3 Å². The minimum Gasteiger partial charge on any atom is -0.232 e. The third kappa shape index (κ3) is 0.863. The van der Waals surface area contributed by atoms with Crippen LogP contribution < -0.4 is 0 Å². The quantitative estimate of drug-likeness (QED) is 0.572. The maximum absolute atomic E-state index is 5.16. The zero-order valence-electron chi connectivity index (χ0n) is 6.77. The van der Waals surface area contributed by atoms with Crippen molar-refractivity contribution in [3.05, 3.63) is 17.5 Å². The fourth-order valence-electron chi connectivity index (χ4n) is 1.02. The summed E-state index contributed by atoms with van der Waals surface area (Å²) in [5, 5.41) is 8.24. The Balaban J connectivity index is 2.94. The van der Waals surface area contributed by atoms with E-state index in [0.717, 1.165) is 11.3 Å². The Morgan fingerprint density at radius 1 is 1.42 bits per heavy atom. The fourth-order valence-corrected chi connectivity index (χ4v) is 1.30. The van der Waals surface area contributed by atoms with Crippen molar-refractivity contribution in [3.63, 3.8) is 0 Å². The molecular weight excluding hydrogens is 172 g/mol. The molecular formula is C7H7N4S. The zero-order chi connectivity index (χ0) is 8.72. The molecule has 0 atom stereocenters. The molecule has 2 heterocycles. The predicted molar refractivity (Wildman–Crippen MR) is 46.1 cm³/mol. The third-order valence-corrected chi connectivity index (χ3v) is 2.35. The Hall–Kier alpha value is -1.23. The maximum Gasteiger partial charge on any atom is 0.177 e. The number of aromatic nitrogens is 4. The van der Waals surface area contributed by atoms with Crippen LogP contribution in [-0.4, -0.2) is 19.8 Å². The summed E-state index contributed by atoms with van der Waals surface area (Å²) in [7, 11) is 0. The van der Waals surface area contributed by atoms with Gasteiger partial charge in [0.2, 0.25) is 0 Å². The van der Waals surface area contributed by atoms with Crippen LogP contribution in [0.25, 0.3) is 5.65 Å². The first-order valence-corrected chi connectivity index (χ1v) is 3.95. The highest BCUT2D eigenvalue weighted by Gasteiger charge is 2.07. The second kappa shape index (κ2) is 2.38. The van der Waals surface area contributed by atoms with E-state index in [0.29, 0.717) is 10.7 Å². The standard InChI is InChI=1S/C7H7N4S/c1-4-5(2)9-6-3-8-10-11(6)7(4)12/h3H,1-2H3. The van der Waals surface area contributed by atoms with Crippen molar-refractivity contribution in [3.8, 4) is 0 Å². The number of nitrogens with zero attached hydrogens (tertiary/aromatic N) is 4. The van der Waals surface area contributed by atoms with Gasteiger partial charge in [-0.15, -0.1) is 5.10 Å². The van der Waals surface area contributed by atoms with Crippen LogP contribution in [0.5, 0.6) is 0 Å². The number of hydrogen-bond donors (Lipinski definition) is 0. The number of aryl methyl sites for hydroxylation is 1. The Kier molecular flexibility index (Phi) is 1.47. The molecule has 0 saturated carbocycles. The topological polar surface area (TPSA) is 43.1 Å². The van der Waals surface area contributed by atoms with Gasteiger partial charge in [0, 0.05) is 11.3 Å². The summed E-state index contributed by atoms with van der Waals surface area (Å²) in [6.45, 7) is 3.86. The molecule has 2 aromatic rings. The van der Waals surface area contributed by atoms with Crippen molar-refractivity contribution in [2.24, 2.45) is 0 Å². The highest BCUT2D eigenvalue weighted by molar-refractivity contribution is 7.80. The summed E-state index contributed by atoms with van der Waals surface area (Å²) < 4.78 is 1.57. The Morgan fingerprint density at radius 2 is 2.17 bits per heavy atom. The highest BCUT2D eigenvalue weighted by Crippen LogP contribution is 2.15. The van der Waals surface area contributed by atoms with Crippen LogP contribution in [0.3, 0.4) is 0 Å². The molecule has 0 saturated heterocycles. The average Bonchev–Trinajstić information content (AvgIpc) is 2.48. The largest absolute Gasteiger partial charge is 0.232 e. The lowest BCUT2D eigenvalue weighted by Crippen LogP contribution is -1.99. The third-order valence-electron chi connectivity index (χ3n) is 1.87. The van der Waals surface area contributed by atoms with Crippen molar-refractivity contribution < 1.29 is 0 Å². The normalized spacial score (nSPS) is 10.8. The van der Waals surface area contributed by atoms with E-state index in [1.54, 1.807) is 10.7 Å².